The Bertz CT molecular complexity index is 554. The summed E-state index contributed by atoms with van der Waals surface area (Å²) in [5.41, 5.74) is 0.491. The molecule has 0 bridgehead atoms. The monoisotopic (exact) mass is 333 g/mol. The van der Waals surface area contributed by atoms with Crippen molar-refractivity contribution in [1.29, 1.82) is 0 Å². The number of hydrogen-bond acceptors (Lipinski definition) is 4. The van der Waals surface area contributed by atoms with E-state index in [2.05, 4.69) is 17.2 Å². The Morgan fingerprint density at radius 3 is 2.75 bits per heavy atom. The van der Waals surface area contributed by atoms with Crippen LogP contribution in [0.5, 0.6) is 5.88 Å². The second-order valence-corrected chi connectivity index (χ2v) is 6.00. The van der Waals surface area contributed by atoms with Crippen molar-refractivity contribution in [1.82, 2.24) is 15.2 Å². The highest BCUT2D eigenvalue weighted by atomic mass is 16.5. The van der Waals surface area contributed by atoms with Crippen LogP contribution < -0.4 is 10.1 Å². The van der Waals surface area contributed by atoms with Gasteiger partial charge in [0.05, 0.1) is 6.61 Å². The average Bonchev–Trinajstić information content (AvgIpc) is 2.62. The van der Waals surface area contributed by atoms with Gasteiger partial charge in [0.2, 0.25) is 11.8 Å². The number of aromatic nitrogens is 1. The van der Waals surface area contributed by atoms with Crippen LogP contribution in [0.3, 0.4) is 0 Å². The second-order valence-electron chi connectivity index (χ2n) is 6.00. The number of nitrogens with one attached hydrogen (secondary N) is 1. The first-order chi connectivity index (χ1) is 11.7. The van der Waals surface area contributed by atoms with E-state index < -0.39 is 0 Å². The standard InChI is InChI=1S/C18H27N3O3/c1-3-5-10-19-16(22)14-8-12-21(13-9-14)18(23)15-7-6-11-20-17(15)24-4-2/h6-7,11,14H,3-5,8-10,12-13H2,1-2H3,(H,19,22). The summed E-state index contributed by atoms with van der Waals surface area (Å²) < 4.78 is 5.44. The lowest BCUT2D eigenvalue weighted by molar-refractivity contribution is -0.126. The molecule has 1 saturated heterocycles. The third-order valence-electron chi connectivity index (χ3n) is 4.27. The first kappa shape index (κ1) is 18.2. The molecule has 0 aromatic carbocycles. The van der Waals surface area contributed by atoms with Crippen LogP contribution in [0.4, 0.5) is 0 Å². The Kier molecular flexibility index (Phi) is 7.03. The molecule has 132 valence electrons. The van der Waals surface area contributed by atoms with Crippen LogP contribution in [0.15, 0.2) is 18.3 Å². The number of rotatable bonds is 7. The van der Waals surface area contributed by atoms with E-state index in [-0.39, 0.29) is 17.7 Å². The summed E-state index contributed by atoms with van der Waals surface area (Å²) in [7, 11) is 0. The SMILES string of the molecule is CCCCNC(=O)C1CCN(C(=O)c2cccnc2OCC)CC1. The highest BCUT2D eigenvalue weighted by Gasteiger charge is 2.28. The number of pyridine rings is 1. The van der Waals surface area contributed by atoms with Crippen molar-refractivity contribution >= 4 is 11.8 Å². The summed E-state index contributed by atoms with van der Waals surface area (Å²) in [4.78, 5) is 30.7. The van der Waals surface area contributed by atoms with Crippen molar-refractivity contribution in [2.75, 3.05) is 26.2 Å². The Balaban J connectivity index is 1.90. The molecule has 0 aliphatic carbocycles. The molecular weight excluding hydrogens is 306 g/mol. The molecule has 24 heavy (non-hydrogen) atoms. The molecular formula is C18H27N3O3. The summed E-state index contributed by atoms with van der Waals surface area (Å²) in [6.07, 6.45) is 5.10. The number of amides is 2. The van der Waals surface area contributed by atoms with Gasteiger partial charge in [0.15, 0.2) is 0 Å². The largest absolute Gasteiger partial charge is 0.477 e. The number of carbonyl (C=O) groups is 2. The van der Waals surface area contributed by atoms with Crippen molar-refractivity contribution in [3.63, 3.8) is 0 Å². The zero-order valence-corrected chi connectivity index (χ0v) is 14.6. The minimum Gasteiger partial charge on any atom is -0.477 e. The van der Waals surface area contributed by atoms with Gasteiger partial charge in [-0.15, -0.1) is 0 Å². The summed E-state index contributed by atoms with van der Waals surface area (Å²) in [6, 6.07) is 3.48. The molecule has 1 aliphatic heterocycles. The van der Waals surface area contributed by atoms with Gasteiger partial charge < -0.3 is 15.0 Å². The van der Waals surface area contributed by atoms with Gasteiger partial charge in [-0.3, -0.25) is 9.59 Å². The number of likely N-dealkylation sites (tertiary alicyclic amines) is 1. The second kappa shape index (κ2) is 9.25. The molecule has 6 nitrogen and oxygen atoms in total. The number of carbonyl (C=O) groups excluding carboxylic acids is 2. The number of unbranched alkanes of at least 4 members (excludes halogenated alkanes) is 1. The summed E-state index contributed by atoms with van der Waals surface area (Å²) in [6.45, 7) is 6.35. The molecule has 6 heteroatoms. The lowest BCUT2D eigenvalue weighted by atomic mass is 9.95. The first-order valence-electron chi connectivity index (χ1n) is 8.82. The van der Waals surface area contributed by atoms with Gasteiger partial charge in [0.1, 0.15) is 5.56 Å². The summed E-state index contributed by atoms with van der Waals surface area (Å²) in [5, 5.41) is 2.98. The van der Waals surface area contributed by atoms with Gasteiger partial charge in [-0.05, 0) is 38.3 Å². The van der Waals surface area contributed by atoms with E-state index in [4.69, 9.17) is 4.74 Å². The third-order valence-corrected chi connectivity index (χ3v) is 4.27. The third kappa shape index (κ3) is 4.69. The molecule has 0 unspecified atom stereocenters. The van der Waals surface area contributed by atoms with Gasteiger partial charge >= 0.3 is 0 Å². The van der Waals surface area contributed by atoms with Gasteiger partial charge in [0.25, 0.3) is 5.91 Å². The maximum atomic E-state index is 12.7. The molecule has 1 aromatic rings. The quantitative estimate of drug-likeness (QED) is 0.777. The van der Waals surface area contributed by atoms with Gasteiger partial charge in [-0.2, -0.15) is 0 Å². The Morgan fingerprint density at radius 1 is 1.33 bits per heavy atom. The van der Waals surface area contributed by atoms with E-state index in [1.807, 2.05) is 6.92 Å². The van der Waals surface area contributed by atoms with Crippen molar-refractivity contribution in [2.24, 2.45) is 5.92 Å². The van der Waals surface area contributed by atoms with Crippen LogP contribution in [0.2, 0.25) is 0 Å². The molecule has 0 radical (unpaired) electrons. The van der Waals surface area contributed by atoms with E-state index in [0.717, 1.165) is 19.4 Å². The predicted molar refractivity (Wildman–Crippen MR) is 92.0 cm³/mol. The molecule has 2 rings (SSSR count). The number of nitrogens with zero attached hydrogens (tertiary/aromatic N) is 2. The molecule has 0 atom stereocenters. The van der Waals surface area contributed by atoms with Crippen LogP contribution in [-0.4, -0.2) is 47.9 Å². The van der Waals surface area contributed by atoms with Crippen LogP contribution >= 0.6 is 0 Å². The van der Waals surface area contributed by atoms with E-state index in [9.17, 15) is 9.59 Å². The molecule has 0 spiro atoms. The summed E-state index contributed by atoms with van der Waals surface area (Å²) >= 11 is 0. The van der Waals surface area contributed by atoms with E-state index in [0.29, 0.717) is 44.0 Å². The van der Waals surface area contributed by atoms with Crippen LogP contribution in [0, 0.1) is 5.92 Å². The predicted octanol–water partition coefficient (Wildman–Crippen LogP) is 2.25. The van der Waals surface area contributed by atoms with Crippen molar-refractivity contribution in [2.45, 2.75) is 39.5 Å². The van der Waals surface area contributed by atoms with E-state index in [1.165, 1.54) is 0 Å². The lowest BCUT2D eigenvalue weighted by Gasteiger charge is -2.31. The molecule has 1 aliphatic rings. The normalized spacial score (nSPS) is 15.2. The molecule has 2 amide bonds. The van der Waals surface area contributed by atoms with Gasteiger partial charge in [-0.1, -0.05) is 13.3 Å². The number of piperidine rings is 1. The van der Waals surface area contributed by atoms with Crippen LogP contribution in [-0.2, 0) is 4.79 Å². The Hall–Kier alpha value is -2.11. The van der Waals surface area contributed by atoms with Gasteiger partial charge in [-0.25, -0.2) is 4.98 Å². The maximum Gasteiger partial charge on any atom is 0.259 e. The smallest absolute Gasteiger partial charge is 0.259 e. The first-order valence-corrected chi connectivity index (χ1v) is 8.82. The molecule has 1 N–H and O–H groups in total. The maximum absolute atomic E-state index is 12.7. The van der Waals surface area contributed by atoms with Crippen molar-refractivity contribution < 1.29 is 14.3 Å². The van der Waals surface area contributed by atoms with E-state index >= 15 is 0 Å². The molecule has 1 fully saturated rings. The molecule has 0 saturated carbocycles. The minimum absolute atomic E-state index is 0.00571. The fraction of sp³-hybridized carbons (Fsp3) is 0.611. The molecule has 1 aromatic heterocycles. The molecule has 2 heterocycles. The highest BCUT2D eigenvalue weighted by molar-refractivity contribution is 5.96. The van der Waals surface area contributed by atoms with E-state index in [1.54, 1.807) is 23.2 Å². The zero-order chi connectivity index (χ0) is 17.4. The highest BCUT2D eigenvalue weighted by Crippen LogP contribution is 2.22. The van der Waals surface area contributed by atoms with Gasteiger partial charge in [0, 0.05) is 31.7 Å². The fourth-order valence-corrected chi connectivity index (χ4v) is 2.85. The number of ether oxygens (including phenoxy) is 1. The fourth-order valence-electron chi connectivity index (χ4n) is 2.85. The lowest BCUT2D eigenvalue weighted by Crippen LogP contribution is -2.43. The van der Waals surface area contributed by atoms with Crippen molar-refractivity contribution in [3.05, 3.63) is 23.9 Å². The van der Waals surface area contributed by atoms with Crippen molar-refractivity contribution in [3.8, 4) is 5.88 Å². The number of hydrogen-bond donors (Lipinski definition) is 1. The minimum atomic E-state index is -0.0728. The summed E-state index contributed by atoms with van der Waals surface area (Å²) in [5.74, 6) is 0.430. The topological polar surface area (TPSA) is 71.5 Å². The zero-order valence-electron chi connectivity index (χ0n) is 14.6. The average molecular weight is 333 g/mol. The van der Waals surface area contributed by atoms with Crippen LogP contribution in [0.1, 0.15) is 49.9 Å². The Labute approximate surface area is 143 Å². The Morgan fingerprint density at radius 2 is 2.08 bits per heavy atom. The van der Waals surface area contributed by atoms with Crippen LogP contribution in [0.25, 0.3) is 0 Å².